The molecule has 0 fully saturated rings. The van der Waals surface area contributed by atoms with Crippen LogP contribution in [0.15, 0.2) is 18.3 Å². The Kier molecular flexibility index (Phi) is 3.78. The summed E-state index contributed by atoms with van der Waals surface area (Å²) >= 11 is 1.38. The molecule has 18 heavy (non-hydrogen) atoms. The van der Waals surface area contributed by atoms with E-state index in [1.54, 1.807) is 6.20 Å². The molecule has 2 aromatic heterocycles. The maximum Gasteiger partial charge on any atom is 0.263 e. The number of likely N-dealkylation sites (N-methyl/N-ethyl adjacent to an activating group) is 1. The Hall–Kier alpha value is -1.66. The number of nitrogens with zero attached hydrogens (tertiary/aromatic N) is 2. The second-order valence-corrected chi connectivity index (χ2v) is 5.31. The quantitative estimate of drug-likeness (QED) is 0.869. The number of fused-ring (bicyclic) bond motifs is 1. The van der Waals surface area contributed by atoms with Crippen LogP contribution in [0.4, 0.5) is 5.69 Å². The van der Waals surface area contributed by atoms with Crippen LogP contribution < -0.4 is 11.1 Å². The van der Waals surface area contributed by atoms with E-state index in [0.717, 1.165) is 11.2 Å². The van der Waals surface area contributed by atoms with Gasteiger partial charge in [-0.1, -0.05) is 0 Å². The molecule has 0 atom stereocenters. The molecule has 1 amide bonds. The Balaban J connectivity index is 2.15. The molecule has 0 spiro atoms. The van der Waals surface area contributed by atoms with Crippen molar-refractivity contribution in [3.8, 4) is 0 Å². The van der Waals surface area contributed by atoms with Gasteiger partial charge in [0.05, 0.1) is 10.4 Å². The summed E-state index contributed by atoms with van der Waals surface area (Å²) in [6, 6.07) is 3.76. The molecule has 0 saturated carbocycles. The highest BCUT2D eigenvalue weighted by atomic mass is 32.1. The van der Waals surface area contributed by atoms with Gasteiger partial charge in [-0.15, -0.1) is 11.3 Å². The van der Waals surface area contributed by atoms with Crippen molar-refractivity contribution >= 4 is 33.1 Å². The first kappa shape index (κ1) is 12.8. The number of anilines is 1. The topological polar surface area (TPSA) is 71.2 Å². The second kappa shape index (κ2) is 5.32. The average molecular weight is 264 g/mol. The van der Waals surface area contributed by atoms with E-state index in [1.165, 1.54) is 11.3 Å². The molecule has 0 saturated heterocycles. The molecular weight excluding hydrogens is 248 g/mol. The van der Waals surface area contributed by atoms with Gasteiger partial charge in [-0.05, 0) is 26.2 Å². The first-order valence-electron chi connectivity index (χ1n) is 5.65. The van der Waals surface area contributed by atoms with Crippen LogP contribution in [0, 0.1) is 0 Å². The molecule has 3 N–H and O–H groups in total. The second-order valence-electron chi connectivity index (χ2n) is 4.25. The Labute approximate surface area is 110 Å². The minimum Gasteiger partial charge on any atom is -0.396 e. The summed E-state index contributed by atoms with van der Waals surface area (Å²) in [7, 11) is 3.92. The van der Waals surface area contributed by atoms with Crippen LogP contribution in [-0.2, 0) is 0 Å². The lowest BCUT2D eigenvalue weighted by Crippen LogP contribution is -2.31. The molecule has 6 heteroatoms. The third kappa shape index (κ3) is 2.60. The Bertz CT molecular complexity index is 564. The molecule has 0 aliphatic rings. The van der Waals surface area contributed by atoms with Crippen LogP contribution in [0.3, 0.4) is 0 Å². The van der Waals surface area contributed by atoms with Crippen molar-refractivity contribution in [2.75, 3.05) is 32.9 Å². The van der Waals surface area contributed by atoms with Crippen molar-refractivity contribution < 1.29 is 4.79 Å². The van der Waals surface area contributed by atoms with Crippen LogP contribution in [0.1, 0.15) is 9.67 Å². The first-order valence-corrected chi connectivity index (χ1v) is 6.47. The van der Waals surface area contributed by atoms with Crippen LogP contribution in [0.2, 0.25) is 0 Å². The fourth-order valence-corrected chi connectivity index (χ4v) is 2.59. The summed E-state index contributed by atoms with van der Waals surface area (Å²) in [5.41, 5.74) is 7.13. The van der Waals surface area contributed by atoms with Crippen molar-refractivity contribution in [1.82, 2.24) is 15.2 Å². The molecular formula is C12H16N4OS. The van der Waals surface area contributed by atoms with Crippen LogP contribution in [0.25, 0.3) is 10.2 Å². The van der Waals surface area contributed by atoms with Gasteiger partial charge in [0.2, 0.25) is 0 Å². The first-order chi connectivity index (χ1) is 8.59. The Morgan fingerprint density at radius 3 is 3.00 bits per heavy atom. The van der Waals surface area contributed by atoms with E-state index >= 15 is 0 Å². The number of amides is 1. The van der Waals surface area contributed by atoms with Gasteiger partial charge >= 0.3 is 0 Å². The minimum atomic E-state index is -0.127. The largest absolute Gasteiger partial charge is 0.396 e. The van der Waals surface area contributed by atoms with Gasteiger partial charge in [0, 0.05) is 19.3 Å². The number of nitrogens with two attached hydrogens (primary N) is 1. The Morgan fingerprint density at radius 1 is 1.56 bits per heavy atom. The Morgan fingerprint density at radius 2 is 2.33 bits per heavy atom. The van der Waals surface area contributed by atoms with E-state index in [9.17, 15) is 4.79 Å². The summed E-state index contributed by atoms with van der Waals surface area (Å²) in [5, 5.41) is 2.85. The summed E-state index contributed by atoms with van der Waals surface area (Å²) < 4.78 is 0.938. The molecule has 2 heterocycles. The molecule has 5 nitrogen and oxygen atoms in total. The summed E-state index contributed by atoms with van der Waals surface area (Å²) in [5.74, 6) is -0.127. The van der Waals surface area contributed by atoms with E-state index in [4.69, 9.17) is 5.73 Å². The average Bonchev–Trinajstić information content (AvgIpc) is 2.67. The van der Waals surface area contributed by atoms with Crippen molar-refractivity contribution in [1.29, 1.82) is 0 Å². The number of carbonyl (C=O) groups is 1. The predicted octanol–water partition coefficient (Wildman–Crippen LogP) is 1.17. The maximum atomic E-state index is 12.0. The summed E-state index contributed by atoms with van der Waals surface area (Å²) in [4.78, 5) is 18.7. The number of thiophene rings is 1. The van der Waals surface area contributed by atoms with Gasteiger partial charge in [0.15, 0.2) is 0 Å². The molecule has 0 aliphatic carbocycles. The highest BCUT2D eigenvalue weighted by Gasteiger charge is 2.16. The van der Waals surface area contributed by atoms with E-state index < -0.39 is 0 Å². The van der Waals surface area contributed by atoms with Gasteiger partial charge in [0.1, 0.15) is 10.4 Å². The summed E-state index contributed by atoms with van der Waals surface area (Å²) in [6.07, 6.45) is 1.68. The molecule has 0 unspecified atom stereocenters. The van der Waals surface area contributed by atoms with Crippen molar-refractivity contribution in [2.24, 2.45) is 0 Å². The van der Waals surface area contributed by atoms with Gasteiger partial charge in [-0.2, -0.15) is 0 Å². The third-order valence-corrected chi connectivity index (χ3v) is 3.69. The maximum absolute atomic E-state index is 12.0. The number of nitrogens with one attached hydrogen (secondary N) is 1. The minimum absolute atomic E-state index is 0.127. The molecule has 2 aromatic rings. The highest BCUT2D eigenvalue weighted by molar-refractivity contribution is 7.21. The number of rotatable bonds is 4. The molecule has 0 aromatic carbocycles. The molecule has 0 aliphatic heterocycles. The van der Waals surface area contributed by atoms with Gasteiger partial charge in [0.25, 0.3) is 5.91 Å². The van der Waals surface area contributed by atoms with Crippen LogP contribution >= 0.6 is 11.3 Å². The van der Waals surface area contributed by atoms with Crippen LogP contribution in [-0.4, -0.2) is 43.0 Å². The van der Waals surface area contributed by atoms with Gasteiger partial charge in [-0.3, -0.25) is 9.78 Å². The number of carbonyl (C=O) groups excluding carboxylic acids is 1. The van der Waals surface area contributed by atoms with Crippen molar-refractivity contribution in [3.63, 3.8) is 0 Å². The lowest BCUT2D eigenvalue weighted by Gasteiger charge is -2.09. The zero-order valence-electron chi connectivity index (χ0n) is 10.4. The molecule has 0 radical (unpaired) electrons. The molecule has 96 valence electrons. The number of hydrogen-bond donors (Lipinski definition) is 2. The third-order valence-electron chi connectivity index (χ3n) is 2.53. The van der Waals surface area contributed by atoms with E-state index in [-0.39, 0.29) is 5.91 Å². The predicted molar refractivity (Wildman–Crippen MR) is 74.9 cm³/mol. The number of nitrogen functional groups attached to an aromatic ring is 1. The van der Waals surface area contributed by atoms with Crippen molar-refractivity contribution in [2.45, 2.75) is 0 Å². The normalized spacial score (nSPS) is 11.1. The summed E-state index contributed by atoms with van der Waals surface area (Å²) in [6.45, 7) is 1.40. The number of aromatic nitrogens is 1. The fraction of sp³-hybridized carbons (Fsp3) is 0.333. The zero-order valence-corrected chi connectivity index (χ0v) is 11.3. The van der Waals surface area contributed by atoms with E-state index in [0.29, 0.717) is 22.6 Å². The standard InChI is InChI=1S/C12H16N4OS/c1-16(2)7-6-15-12(17)11-9(13)10-8(18-11)4-3-5-14-10/h3-5H,6-7,13H2,1-2H3,(H,15,17). The fourth-order valence-electron chi connectivity index (χ4n) is 1.59. The molecule has 2 rings (SSSR count). The smallest absolute Gasteiger partial charge is 0.263 e. The van der Waals surface area contributed by atoms with E-state index in [2.05, 4.69) is 10.3 Å². The monoisotopic (exact) mass is 264 g/mol. The van der Waals surface area contributed by atoms with E-state index in [1.807, 2.05) is 31.1 Å². The zero-order chi connectivity index (χ0) is 13.1. The number of pyridine rings is 1. The number of hydrogen-bond acceptors (Lipinski definition) is 5. The van der Waals surface area contributed by atoms with Crippen molar-refractivity contribution in [3.05, 3.63) is 23.2 Å². The van der Waals surface area contributed by atoms with Gasteiger partial charge in [-0.25, -0.2) is 0 Å². The van der Waals surface area contributed by atoms with Gasteiger partial charge < -0.3 is 16.0 Å². The lowest BCUT2D eigenvalue weighted by atomic mass is 10.3. The van der Waals surface area contributed by atoms with Crippen LogP contribution in [0.5, 0.6) is 0 Å². The highest BCUT2D eigenvalue weighted by Crippen LogP contribution is 2.31. The SMILES string of the molecule is CN(C)CCNC(=O)c1sc2cccnc2c1N. The molecule has 0 bridgehead atoms. The lowest BCUT2D eigenvalue weighted by molar-refractivity contribution is 0.0956.